The molecule has 0 aliphatic carbocycles. The lowest BCUT2D eigenvalue weighted by atomic mass is 10.3. The van der Waals surface area contributed by atoms with Crippen LogP contribution in [0.2, 0.25) is 0 Å². The van der Waals surface area contributed by atoms with Crippen LogP contribution in [-0.2, 0) is 0 Å². The van der Waals surface area contributed by atoms with Gasteiger partial charge in [0.1, 0.15) is 10.8 Å². The maximum atomic E-state index is 4.61. The molecule has 0 unspecified atom stereocenters. The number of nitrogens with zero attached hydrogens (tertiary/aromatic N) is 6. The van der Waals surface area contributed by atoms with E-state index in [0.717, 1.165) is 54.4 Å². The van der Waals surface area contributed by atoms with E-state index in [1.807, 2.05) is 26.8 Å². The van der Waals surface area contributed by atoms with Crippen molar-refractivity contribution >= 4 is 28.2 Å². The Labute approximate surface area is 134 Å². The summed E-state index contributed by atoms with van der Waals surface area (Å²) in [6, 6.07) is 2.05. The van der Waals surface area contributed by atoms with E-state index >= 15 is 0 Å². The van der Waals surface area contributed by atoms with Crippen LogP contribution >= 0.6 is 11.3 Å². The fraction of sp³-hybridized carbons (Fsp3) is 0.571. The highest BCUT2D eigenvalue weighted by Gasteiger charge is 2.21. The first kappa shape index (κ1) is 15.0. The van der Waals surface area contributed by atoms with Gasteiger partial charge in [-0.15, -0.1) is 10.2 Å². The number of hydrogen-bond donors (Lipinski definition) is 1. The van der Waals surface area contributed by atoms with Crippen LogP contribution in [0.4, 0.5) is 16.9 Å². The van der Waals surface area contributed by atoms with E-state index in [1.165, 1.54) is 0 Å². The van der Waals surface area contributed by atoms with E-state index in [4.69, 9.17) is 0 Å². The summed E-state index contributed by atoms with van der Waals surface area (Å²) in [7, 11) is 0. The molecule has 22 heavy (non-hydrogen) atoms. The topological polar surface area (TPSA) is 70.1 Å². The second-order valence-electron chi connectivity index (χ2n) is 5.30. The third kappa shape index (κ3) is 3.27. The fourth-order valence-electron chi connectivity index (χ4n) is 2.49. The number of aryl methyl sites for hydroxylation is 2. The number of piperazine rings is 1. The fourth-order valence-corrected chi connectivity index (χ4v) is 3.23. The van der Waals surface area contributed by atoms with Crippen LogP contribution in [0.5, 0.6) is 0 Å². The molecule has 1 fully saturated rings. The molecular weight excluding hydrogens is 298 g/mol. The zero-order chi connectivity index (χ0) is 15.5. The Morgan fingerprint density at radius 1 is 1.09 bits per heavy atom. The highest BCUT2D eigenvalue weighted by molar-refractivity contribution is 7.15. The first-order chi connectivity index (χ1) is 10.7. The molecule has 1 N–H and O–H groups in total. The first-order valence-corrected chi connectivity index (χ1v) is 8.37. The number of hydrogen-bond acceptors (Lipinski definition) is 8. The second-order valence-corrected chi connectivity index (χ2v) is 6.46. The normalized spacial score (nSPS) is 15.2. The van der Waals surface area contributed by atoms with Crippen molar-refractivity contribution in [2.24, 2.45) is 0 Å². The van der Waals surface area contributed by atoms with Gasteiger partial charge in [-0.2, -0.15) is 4.98 Å². The Balaban J connectivity index is 1.68. The summed E-state index contributed by atoms with van der Waals surface area (Å²) in [6.45, 7) is 10.6. The first-order valence-electron chi connectivity index (χ1n) is 7.55. The van der Waals surface area contributed by atoms with Gasteiger partial charge in [-0.1, -0.05) is 11.3 Å². The molecule has 0 atom stereocenters. The van der Waals surface area contributed by atoms with Crippen LogP contribution in [0.25, 0.3) is 0 Å². The molecule has 2 aromatic rings. The second kappa shape index (κ2) is 6.43. The standard InChI is InChI=1S/C14H21N7S/c1-4-15-13-16-10(2)9-12(17-13)20-5-7-21(8-6-20)14-19-18-11(3)22-14/h9H,4-8H2,1-3H3,(H,15,16,17). The smallest absolute Gasteiger partial charge is 0.224 e. The summed E-state index contributed by atoms with van der Waals surface area (Å²) >= 11 is 1.65. The number of nitrogens with one attached hydrogen (secondary N) is 1. The molecule has 1 saturated heterocycles. The molecule has 0 amide bonds. The van der Waals surface area contributed by atoms with Gasteiger partial charge in [0.05, 0.1) is 0 Å². The lowest BCUT2D eigenvalue weighted by Gasteiger charge is -2.35. The van der Waals surface area contributed by atoms with Crippen LogP contribution < -0.4 is 15.1 Å². The molecule has 8 heteroatoms. The SMILES string of the molecule is CCNc1nc(C)cc(N2CCN(c3nnc(C)s3)CC2)n1. The van der Waals surface area contributed by atoms with E-state index in [9.17, 15) is 0 Å². The number of rotatable bonds is 4. The van der Waals surface area contributed by atoms with Crippen molar-refractivity contribution in [3.63, 3.8) is 0 Å². The van der Waals surface area contributed by atoms with Gasteiger partial charge >= 0.3 is 0 Å². The van der Waals surface area contributed by atoms with Gasteiger partial charge < -0.3 is 15.1 Å². The molecule has 0 bridgehead atoms. The average molecular weight is 319 g/mol. The van der Waals surface area contributed by atoms with E-state index in [-0.39, 0.29) is 0 Å². The van der Waals surface area contributed by atoms with Crippen molar-refractivity contribution in [1.29, 1.82) is 0 Å². The molecule has 0 spiro atoms. The number of anilines is 3. The van der Waals surface area contributed by atoms with E-state index in [0.29, 0.717) is 5.95 Å². The van der Waals surface area contributed by atoms with Crippen molar-refractivity contribution in [2.75, 3.05) is 47.8 Å². The van der Waals surface area contributed by atoms with Crippen LogP contribution in [-0.4, -0.2) is 52.9 Å². The van der Waals surface area contributed by atoms with Crippen LogP contribution in [0.15, 0.2) is 6.07 Å². The van der Waals surface area contributed by atoms with Gasteiger partial charge in [-0.3, -0.25) is 0 Å². The molecule has 0 aromatic carbocycles. The minimum absolute atomic E-state index is 0.708. The molecule has 1 aliphatic rings. The summed E-state index contributed by atoms with van der Waals surface area (Å²) in [4.78, 5) is 13.6. The van der Waals surface area contributed by atoms with Crippen molar-refractivity contribution in [3.8, 4) is 0 Å². The highest BCUT2D eigenvalue weighted by atomic mass is 32.1. The molecular formula is C14H21N7S. The highest BCUT2D eigenvalue weighted by Crippen LogP contribution is 2.23. The van der Waals surface area contributed by atoms with Crippen molar-refractivity contribution in [1.82, 2.24) is 20.2 Å². The van der Waals surface area contributed by atoms with Gasteiger partial charge in [0.15, 0.2) is 0 Å². The summed E-state index contributed by atoms with van der Waals surface area (Å²) < 4.78 is 0. The van der Waals surface area contributed by atoms with Gasteiger partial charge in [0.2, 0.25) is 11.1 Å². The maximum Gasteiger partial charge on any atom is 0.224 e. The molecule has 1 aliphatic heterocycles. The van der Waals surface area contributed by atoms with Gasteiger partial charge in [-0.05, 0) is 20.8 Å². The van der Waals surface area contributed by atoms with Gasteiger partial charge in [0, 0.05) is 44.5 Å². The monoisotopic (exact) mass is 319 g/mol. The Kier molecular flexibility index (Phi) is 4.37. The van der Waals surface area contributed by atoms with Crippen LogP contribution in [0, 0.1) is 13.8 Å². The Hall–Kier alpha value is -1.96. The summed E-state index contributed by atoms with van der Waals surface area (Å²) in [6.07, 6.45) is 0. The number of aromatic nitrogens is 4. The zero-order valence-electron chi connectivity index (χ0n) is 13.2. The third-order valence-electron chi connectivity index (χ3n) is 3.57. The molecule has 3 rings (SSSR count). The summed E-state index contributed by atoms with van der Waals surface area (Å²) in [5.74, 6) is 1.70. The molecule has 0 saturated carbocycles. The molecule has 2 aromatic heterocycles. The molecule has 3 heterocycles. The lowest BCUT2D eigenvalue weighted by molar-refractivity contribution is 0.643. The predicted molar refractivity (Wildman–Crippen MR) is 90.0 cm³/mol. The van der Waals surface area contributed by atoms with Crippen molar-refractivity contribution in [3.05, 3.63) is 16.8 Å². The third-order valence-corrected chi connectivity index (χ3v) is 4.46. The quantitative estimate of drug-likeness (QED) is 0.919. The minimum atomic E-state index is 0.708. The molecule has 7 nitrogen and oxygen atoms in total. The van der Waals surface area contributed by atoms with E-state index in [1.54, 1.807) is 11.3 Å². The largest absolute Gasteiger partial charge is 0.354 e. The van der Waals surface area contributed by atoms with Gasteiger partial charge in [0.25, 0.3) is 0 Å². The van der Waals surface area contributed by atoms with E-state index in [2.05, 4.69) is 35.3 Å². The van der Waals surface area contributed by atoms with Crippen molar-refractivity contribution < 1.29 is 0 Å². The van der Waals surface area contributed by atoms with Gasteiger partial charge in [-0.25, -0.2) is 4.98 Å². The lowest BCUT2D eigenvalue weighted by Crippen LogP contribution is -2.46. The Bertz CT molecular complexity index is 634. The molecule has 0 radical (unpaired) electrons. The van der Waals surface area contributed by atoms with E-state index < -0.39 is 0 Å². The average Bonchev–Trinajstić information content (AvgIpc) is 2.94. The minimum Gasteiger partial charge on any atom is -0.354 e. The van der Waals surface area contributed by atoms with Crippen LogP contribution in [0.1, 0.15) is 17.6 Å². The zero-order valence-corrected chi connectivity index (χ0v) is 14.0. The maximum absolute atomic E-state index is 4.61. The summed E-state index contributed by atoms with van der Waals surface area (Å²) in [5, 5.41) is 13.5. The Morgan fingerprint density at radius 2 is 1.82 bits per heavy atom. The van der Waals surface area contributed by atoms with Crippen LogP contribution in [0.3, 0.4) is 0 Å². The molecule has 118 valence electrons. The summed E-state index contributed by atoms with van der Waals surface area (Å²) in [5.41, 5.74) is 0.989. The predicted octanol–water partition coefficient (Wildman–Crippen LogP) is 1.70. The van der Waals surface area contributed by atoms with Crippen molar-refractivity contribution in [2.45, 2.75) is 20.8 Å². The Morgan fingerprint density at radius 3 is 2.45 bits per heavy atom.